The van der Waals surface area contributed by atoms with Gasteiger partial charge in [0.25, 0.3) is 0 Å². The molecule has 0 saturated carbocycles. The first kappa shape index (κ1) is 83.4. The average molecular weight is 1710 g/mol. The molecule has 634 valence electrons. The van der Waals surface area contributed by atoms with Crippen molar-refractivity contribution >= 4 is 119 Å². The first-order valence-corrected chi connectivity index (χ1v) is 45.2. The molecular weight excluding hydrogens is 1610 g/mol. The van der Waals surface area contributed by atoms with Crippen molar-refractivity contribution < 1.29 is 0 Å². The quantitative estimate of drug-likeness (QED) is 0.0532. The predicted octanol–water partition coefficient (Wildman–Crippen LogP) is 36.0. The molecule has 0 fully saturated rings. The molecule has 7 heteroatoms. The van der Waals surface area contributed by atoms with Gasteiger partial charge in [0.15, 0.2) is 0 Å². The zero-order valence-electron chi connectivity index (χ0n) is 73.5. The Morgan fingerprint density at radius 2 is 0.128 bits per heavy atom. The molecule has 0 unspecified atom stereocenters. The van der Waals surface area contributed by atoms with E-state index < -0.39 is 0 Å². The maximum Gasteiger partial charge on any atom is 0.0463 e. The first-order chi connectivity index (χ1) is 66.0. The van der Waals surface area contributed by atoms with Crippen molar-refractivity contribution in [3.05, 3.63) is 576 Å². The lowest BCUT2D eigenvalue weighted by Gasteiger charge is -2.28. The number of rotatable bonds is 26. The van der Waals surface area contributed by atoms with Crippen LogP contribution in [-0.2, 0) is 0 Å². The van der Waals surface area contributed by atoms with Crippen LogP contribution in [0.15, 0.2) is 576 Å². The highest BCUT2D eigenvalue weighted by atomic mass is 15.2. The number of hydrogen-bond acceptors (Lipinski definition) is 7. The van der Waals surface area contributed by atoms with Gasteiger partial charge >= 0.3 is 0 Å². The fraction of sp³-hybridized carbons (Fsp3) is 0. The molecule has 0 radical (unpaired) electrons. The van der Waals surface area contributed by atoms with Crippen LogP contribution in [0.4, 0.5) is 119 Å². The molecule has 21 rings (SSSR count). The van der Waals surface area contributed by atoms with E-state index in [1.165, 1.54) is 38.9 Å². The molecule has 0 heterocycles. The standard InChI is InChI=1S/C66H49N3.C60H46N4/c1-6-16-50(17-7-1)54-30-38-63(39-31-54)69(64-40-32-55(33-41-64)51-18-8-2-9-19-51)66-48-46-65(47-49-66)68(60-24-14-5-15-25-60)62-44-36-57(37-45-62)53-28-26-52(27-29-53)56-34-42-61(43-35-56)67(58-20-10-3-11-21-58)59-22-12-4-13-23-59;1-7-19-49(20-8-1)61(50-21-9-2-10-22-50)57-39-43-59(44-40-57)63(53-27-15-5-16-28-53)55-35-31-47(32-36-55)48-33-37-56(38-34-48)64(54-29-17-6-18-30-54)60-45-41-58(42-46-60)62(51-23-11-3-12-24-51)52-25-13-4-14-26-52/h1-49H;1-46H. The summed E-state index contributed by atoms with van der Waals surface area (Å²) in [5.41, 5.74) is 34.8. The third-order valence-corrected chi connectivity index (χ3v) is 24.1. The third-order valence-electron chi connectivity index (χ3n) is 24.1. The summed E-state index contributed by atoms with van der Waals surface area (Å²) in [6.07, 6.45) is 0. The van der Waals surface area contributed by atoms with Gasteiger partial charge in [-0.1, -0.05) is 322 Å². The smallest absolute Gasteiger partial charge is 0.0463 e. The van der Waals surface area contributed by atoms with Gasteiger partial charge in [-0.05, 0) is 310 Å². The summed E-state index contributed by atoms with van der Waals surface area (Å²) < 4.78 is 0. The molecule has 0 saturated heterocycles. The number of anilines is 21. The van der Waals surface area contributed by atoms with Crippen molar-refractivity contribution in [2.75, 3.05) is 34.3 Å². The van der Waals surface area contributed by atoms with Crippen LogP contribution in [0.3, 0.4) is 0 Å². The van der Waals surface area contributed by atoms with Crippen LogP contribution >= 0.6 is 0 Å². The van der Waals surface area contributed by atoms with E-state index in [2.05, 4.69) is 611 Å². The zero-order valence-corrected chi connectivity index (χ0v) is 73.5. The Labute approximate surface area is 780 Å². The summed E-state index contributed by atoms with van der Waals surface area (Å²) in [5.74, 6) is 0. The second-order valence-corrected chi connectivity index (χ2v) is 32.5. The van der Waals surface area contributed by atoms with E-state index in [1.54, 1.807) is 0 Å². The third kappa shape index (κ3) is 19.1. The van der Waals surface area contributed by atoms with Crippen LogP contribution in [-0.4, -0.2) is 0 Å². The normalized spacial score (nSPS) is 10.9. The van der Waals surface area contributed by atoms with Crippen molar-refractivity contribution in [2.24, 2.45) is 0 Å². The summed E-state index contributed by atoms with van der Waals surface area (Å²) in [6.45, 7) is 0. The van der Waals surface area contributed by atoms with Crippen molar-refractivity contribution in [1.82, 2.24) is 0 Å². The van der Waals surface area contributed by atoms with Crippen molar-refractivity contribution in [3.8, 4) is 55.6 Å². The highest BCUT2D eigenvalue weighted by Crippen LogP contribution is 2.47. The summed E-state index contributed by atoms with van der Waals surface area (Å²) in [7, 11) is 0. The Morgan fingerprint density at radius 1 is 0.0602 bits per heavy atom. The monoisotopic (exact) mass is 1710 g/mol. The van der Waals surface area contributed by atoms with E-state index in [4.69, 9.17) is 0 Å². The van der Waals surface area contributed by atoms with Gasteiger partial charge < -0.3 is 34.3 Å². The maximum atomic E-state index is 2.33. The van der Waals surface area contributed by atoms with Crippen LogP contribution in [0.5, 0.6) is 0 Å². The van der Waals surface area contributed by atoms with Crippen LogP contribution in [0, 0.1) is 0 Å². The molecule has 0 aliphatic heterocycles. The highest BCUT2D eigenvalue weighted by molar-refractivity contribution is 5.89. The van der Waals surface area contributed by atoms with Crippen molar-refractivity contribution in [1.29, 1.82) is 0 Å². The number of nitrogens with zero attached hydrogens (tertiary/aromatic N) is 7. The highest BCUT2D eigenvalue weighted by Gasteiger charge is 2.23. The fourth-order valence-corrected chi connectivity index (χ4v) is 17.5. The van der Waals surface area contributed by atoms with Gasteiger partial charge in [-0.25, -0.2) is 0 Å². The topological polar surface area (TPSA) is 22.7 Å². The van der Waals surface area contributed by atoms with Crippen LogP contribution < -0.4 is 34.3 Å². The maximum absolute atomic E-state index is 2.33. The number of hydrogen-bond donors (Lipinski definition) is 0. The molecule has 0 amide bonds. The van der Waals surface area contributed by atoms with Crippen molar-refractivity contribution in [3.63, 3.8) is 0 Å². The van der Waals surface area contributed by atoms with E-state index in [-0.39, 0.29) is 0 Å². The lowest BCUT2D eigenvalue weighted by molar-refractivity contribution is 1.25. The SMILES string of the molecule is c1ccc(-c2ccc(N(c3ccc(-c4ccccc4)cc3)c3ccc(N(c4ccccc4)c4ccc(-c5ccc(-c6ccc(N(c7ccccc7)c7ccccc7)cc6)cc5)cc4)cc3)cc2)cc1.c1ccc(N(c2ccccc2)c2ccc(N(c3ccccc3)c3ccc(-c4ccc(N(c5ccccc5)c5ccc(N(c6ccccc6)c6ccccc6)cc5)cc4)cc3)cc2)cc1. The van der Waals surface area contributed by atoms with Crippen LogP contribution in [0.1, 0.15) is 0 Å². The number of para-hydroxylation sites is 9. The second kappa shape index (κ2) is 40.0. The largest absolute Gasteiger partial charge is 0.311 e. The van der Waals surface area contributed by atoms with Gasteiger partial charge in [-0.15, -0.1) is 0 Å². The molecule has 0 bridgehead atoms. The van der Waals surface area contributed by atoms with Gasteiger partial charge in [0.1, 0.15) is 0 Å². The molecule has 7 nitrogen and oxygen atoms in total. The summed E-state index contributed by atoms with van der Waals surface area (Å²) in [6, 6.07) is 205. The summed E-state index contributed by atoms with van der Waals surface area (Å²) >= 11 is 0. The van der Waals surface area contributed by atoms with Crippen LogP contribution in [0.2, 0.25) is 0 Å². The van der Waals surface area contributed by atoms with Gasteiger partial charge in [-0.2, -0.15) is 0 Å². The molecule has 0 aliphatic rings. The molecule has 0 N–H and O–H groups in total. The molecule has 0 atom stereocenters. The molecular formula is C126H95N7. The molecule has 133 heavy (non-hydrogen) atoms. The predicted molar refractivity (Wildman–Crippen MR) is 563 cm³/mol. The first-order valence-electron chi connectivity index (χ1n) is 45.2. The zero-order chi connectivity index (χ0) is 89.1. The van der Waals surface area contributed by atoms with E-state index in [0.717, 1.165) is 136 Å². The molecule has 21 aromatic rings. The minimum absolute atomic E-state index is 1.07. The molecule has 0 aromatic heterocycles. The van der Waals surface area contributed by atoms with Gasteiger partial charge in [0.05, 0.1) is 0 Å². The van der Waals surface area contributed by atoms with Crippen molar-refractivity contribution in [2.45, 2.75) is 0 Å². The Morgan fingerprint density at radius 3 is 0.233 bits per heavy atom. The lowest BCUT2D eigenvalue weighted by atomic mass is 9.99. The van der Waals surface area contributed by atoms with Gasteiger partial charge in [-0.3, -0.25) is 0 Å². The average Bonchev–Trinajstić information content (AvgIpc) is 0.792. The Hall–Kier alpha value is -17.8. The van der Waals surface area contributed by atoms with E-state index in [1.807, 2.05) is 0 Å². The molecule has 21 aromatic carbocycles. The van der Waals surface area contributed by atoms with Crippen LogP contribution in [0.25, 0.3) is 55.6 Å². The van der Waals surface area contributed by atoms with E-state index in [0.29, 0.717) is 0 Å². The molecule has 0 spiro atoms. The lowest BCUT2D eigenvalue weighted by Crippen LogP contribution is -2.12. The second-order valence-electron chi connectivity index (χ2n) is 32.5. The molecule has 0 aliphatic carbocycles. The minimum Gasteiger partial charge on any atom is -0.311 e. The minimum atomic E-state index is 1.07. The van der Waals surface area contributed by atoms with E-state index >= 15 is 0 Å². The van der Waals surface area contributed by atoms with Gasteiger partial charge in [0, 0.05) is 119 Å². The number of benzene rings is 21. The Kier molecular flexibility index (Phi) is 25.1. The fourth-order valence-electron chi connectivity index (χ4n) is 17.5. The van der Waals surface area contributed by atoms with E-state index in [9.17, 15) is 0 Å². The Bertz CT molecular complexity index is 6800. The summed E-state index contributed by atoms with van der Waals surface area (Å²) in [5, 5.41) is 0. The van der Waals surface area contributed by atoms with Gasteiger partial charge in [0.2, 0.25) is 0 Å². The Balaban J connectivity index is 0.000000166. The summed E-state index contributed by atoms with van der Waals surface area (Å²) in [4.78, 5) is 16.2.